The zero-order valence-corrected chi connectivity index (χ0v) is 7.50. The van der Waals surface area contributed by atoms with Gasteiger partial charge in [0, 0.05) is 5.56 Å². The highest BCUT2D eigenvalue weighted by atomic mass is 19.2. The van der Waals surface area contributed by atoms with Gasteiger partial charge in [0.25, 0.3) is 0 Å². The summed E-state index contributed by atoms with van der Waals surface area (Å²) in [6, 6.07) is 5.51. The summed E-state index contributed by atoms with van der Waals surface area (Å²) in [4.78, 5) is 0. The van der Waals surface area contributed by atoms with Crippen molar-refractivity contribution in [1.29, 1.82) is 5.26 Å². The maximum atomic E-state index is 13.1. The average Bonchev–Trinajstić information content (AvgIpc) is 2.75. The summed E-state index contributed by atoms with van der Waals surface area (Å²) >= 11 is 0. The molecule has 1 aromatic heterocycles. The van der Waals surface area contributed by atoms with Crippen LogP contribution in [-0.2, 0) is 0 Å². The van der Waals surface area contributed by atoms with Gasteiger partial charge in [-0.25, -0.2) is 8.78 Å². The van der Waals surface area contributed by atoms with Gasteiger partial charge in [0.1, 0.15) is 6.07 Å². The molecule has 74 valence electrons. The molecule has 15 heavy (non-hydrogen) atoms. The highest BCUT2D eigenvalue weighted by molar-refractivity contribution is 5.64. The molecule has 2 nitrogen and oxygen atoms in total. The van der Waals surface area contributed by atoms with Crippen molar-refractivity contribution in [2.45, 2.75) is 0 Å². The summed E-state index contributed by atoms with van der Waals surface area (Å²) in [7, 11) is 0. The van der Waals surface area contributed by atoms with Gasteiger partial charge in [-0.3, -0.25) is 0 Å². The van der Waals surface area contributed by atoms with Crippen LogP contribution in [0, 0.1) is 23.0 Å². The van der Waals surface area contributed by atoms with Gasteiger partial charge in [0.15, 0.2) is 11.6 Å². The first-order valence-corrected chi connectivity index (χ1v) is 4.14. The molecule has 0 fully saturated rings. The second kappa shape index (κ2) is 3.54. The quantitative estimate of drug-likeness (QED) is 0.717. The number of hydrogen-bond acceptors (Lipinski definition) is 2. The van der Waals surface area contributed by atoms with Crippen LogP contribution >= 0.6 is 0 Å². The molecule has 0 spiro atoms. The number of halogens is 2. The SMILES string of the molecule is N#Cc1cc(-c2ccoc2)cc(F)c1F. The molecule has 0 saturated heterocycles. The first-order valence-electron chi connectivity index (χ1n) is 4.14. The van der Waals surface area contributed by atoms with Crippen LogP contribution < -0.4 is 0 Å². The van der Waals surface area contributed by atoms with Crippen LogP contribution in [0.2, 0.25) is 0 Å². The van der Waals surface area contributed by atoms with Crippen LogP contribution in [0.15, 0.2) is 35.1 Å². The second-order valence-electron chi connectivity index (χ2n) is 2.94. The Kier molecular flexibility index (Phi) is 2.22. The van der Waals surface area contributed by atoms with Crippen molar-refractivity contribution in [3.8, 4) is 17.2 Å². The predicted molar refractivity (Wildman–Crippen MR) is 48.8 cm³/mol. The number of benzene rings is 1. The molecular formula is C11H5F2NO. The van der Waals surface area contributed by atoms with Crippen LogP contribution in [0.1, 0.15) is 5.56 Å². The summed E-state index contributed by atoms with van der Waals surface area (Å²) in [5.41, 5.74) is 0.704. The van der Waals surface area contributed by atoms with E-state index in [1.54, 1.807) is 12.1 Å². The molecule has 1 aromatic carbocycles. The molecule has 1 heterocycles. The molecular weight excluding hydrogens is 200 g/mol. The van der Waals surface area contributed by atoms with Crippen LogP contribution in [-0.4, -0.2) is 0 Å². The molecule has 0 atom stereocenters. The number of nitriles is 1. The van der Waals surface area contributed by atoms with E-state index in [0.29, 0.717) is 11.1 Å². The number of rotatable bonds is 1. The zero-order valence-electron chi connectivity index (χ0n) is 7.50. The van der Waals surface area contributed by atoms with Crippen molar-refractivity contribution in [3.05, 3.63) is 47.9 Å². The molecule has 4 heteroatoms. The van der Waals surface area contributed by atoms with Crippen molar-refractivity contribution in [3.63, 3.8) is 0 Å². The third kappa shape index (κ3) is 1.59. The Morgan fingerprint density at radius 1 is 1.20 bits per heavy atom. The molecule has 2 rings (SSSR count). The summed E-state index contributed by atoms with van der Waals surface area (Å²) in [5, 5.41) is 8.58. The number of hydrogen-bond donors (Lipinski definition) is 0. The van der Waals surface area contributed by atoms with Gasteiger partial charge < -0.3 is 4.42 Å². The van der Waals surface area contributed by atoms with Gasteiger partial charge in [-0.1, -0.05) is 0 Å². The number of furan rings is 1. The predicted octanol–water partition coefficient (Wildman–Crippen LogP) is 3.10. The normalized spacial score (nSPS) is 9.93. The molecule has 0 amide bonds. The zero-order chi connectivity index (χ0) is 10.8. The fourth-order valence-electron chi connectivity index (χ4n) is 1.27. The average molecular weight is 205 g/mol. The fraction of sp³-hybridized carbons (Fsp3) is 0. The molecule has 0 aliphatic carbocycles. The van der Waals surface area contributed by atoms with Crippen molar-refractivity contribution in [1.82, 2.24) is 0 Å². The lowest BCUT2D eigenvalue weighted by Crippen LogP contribution is -1.91. The fourth-order valence-corrected chi connectivity index (χ4v) is 1.27. The van der Waals surface area contributed by atoms with Gasteiger partial charge >= 0.3 is 0 Å². The lowest BCUT2D eigenvalue weighted by molar-refractivity contribution is 0.506. The third-order valence-corrected chi connectivity index (χ3v) is 2.00. The van der Waals surface area contributed by atoms with E-state index in [-0.39, 0.29) is 5.56 Å². The highest BCUT2D eigenvalue weighted by Crippen LogP contribution is 2.24. The first kappa shape index (κ1) is 9.41. The lowest BCUT2D eigenvalue weighted by atomic mass is 10.1. The maximum absolute atomic E-state index is 13.1. The molecule has 0 radical (unpaired) electrons. The maximum Gasteiger partial charge on any atom is 0.176 e. The van der Waals surface area contributed by atoms with Gasteiger partial charge in [-0.2, -0.15) is 5.26 Å². The molecule has 0 saturated carbocycles. The van der Waals surface area contributed by atoms with E-state index in [0.717, 1.165) is 6.07 Å². The van der Waals surface area contributed by atoms with Crippen LogP contribution in [0.25, 0.3) is 11.1 Å². The summed E-state index contributed by atoms with van der Waals surface area (Å²) in [6.07, 6.45) is 2.82. The van der Waals surface area contributed by atoms with E-state index in [4.69, 9.17) is 9.68 Å². The van der Waals surface area contributed by atoms with E-state index < -0.39 is 11.6 Å². The van der Waals surface area contributed by atoms with E-state index in [9.17, 15) is 8.78 Å². The molecule has 0 aliphatic rings. The molecule has 0 bridgehead atoms. The first-order chi connectivity index (χ1) is 7.22. The van der Waals surface area contributed by atoms with Gasteiger partial charge in [-0.15, -0.1) is 0 Å². The van der Waals surface area contributed by atoms with Crippen LogP contribution in [0.4, 0.5) is 8.78 Å². The molecule has 2 aromatic rings. The van der Waals surface area contributed by atoms with Gasteiger partial charge in [-0.05, 0) is 23.8 Å². The molecule has 0 aliphatic heterocycles. The van der Waals surface area contributed by atoms with Gasteiger partial charge in [0.05, 0.1) is 18.1 Å². The topological polar surface area (TPSA) is 36.9 Å². The Morgan fingerprint density at radius 2 is 2.00 bits per heavy atom. The lowest BCUT2D eigenvalue weighted by Gasteiger charge is -2.00. The standard InChI is InChI=1S/C11H5F2NO/c12-10-4-8(7-1-2-15-6-7)3-9(5-14)11(10)13/h1-4,6H. The Hall–Kier alpha value is -2.15. The minimum Gasteiger partial charge on any atom is -0.472 e. The van der Waals surface area contributed by atoms with Crippen molar-refractivity contribution >= 4 is 0 Å². The highest BCUT2D eigenvalue weighted by Gasteiger charge is 2.11. The summed E-state index contributed by atoms with van der Waals surface area (Å²) < 4.78 is 30.9. The largest absolute Gasteiger partial charge is 0.472 e. The van der Waals surface area contributed by atoms with E-state index >= 15 is 0 Å². The smallest absolute Gasteiger partial charge is 0.176 e. The van der Waals surface area contributed by atoms with E-state index in [2.05, 4.69) is 0 Å². The molecule has 0 unspecified atom stereocenters. The van der Waals surface area contributed by atoms with E-state index in [1.807, 2.05) is 0 Å². The summed E-state index contributed by atoms with van der Waals surface area (Å²) in [5.74, 6) is -2.16. The minimum atomic E-state index is -1.12. The van der Waals surface area contributed by atoms with Crippen molar-refractivity contribution < 1.29 is 13.2 Å². The van der Waals surface area contributed by atoms with Gasteiger partial charge in [0.2, 0.25) is 0 Å². The van der Waals surface area contributed by atoms with Crippen LogP contribution in [0.5, 0.6) is 0 Å². The van der Waals surface area contributed by atoms with Crippen molar-refractivity contribution in [2.24, 2.45) is 0 Å². The summed E-state index contributed by atoms with van der Waals surface area (Å²) in [6.45, 7) is 0. The Balaban J connectivity index is 2.62. The van der Waals surface area contributed by atoms with Crippen LogP contribution in [0.3, 0.4) is 0 Å². The Bertz CT molecular complexity index is 526. The Labute approximate surface area is 84.4 Å². The third-order valence-electron chi connectivity index (χ3n) is 2.00. The number of nitrogens with zero attached hydrogens (tertiary/aromatic N) is 1. The van der Waals surface area contributed by atoms with E-state index in [1.165, 1.54) is 18.6 Å². The Morgan fingerprint density at radius 3 is 2.60 bits per heavy atom. The monoisotopic (exact) mass is 205 g/mol. The van der Waals surface area contributed by atoms with Crippen molar-refractivity contribution in [2.75, 3.05) is 0 Å². The second-order valence-corrected chi connectivity index (χ2v) is 2.94. The molecule has 0 N–H and O–H groups in total. The minimum absolute atomic E-state index is 0.314.